The molecule has 0 aliphatic carbocycles. The summed E-state index contributed by atoms with van der Waals surface area (Å²) >= 11 is 4.48. The standard InChI is InChI=1S/C16H14BrFN2O3S2/c1-8-6-14(23-19-8)15-9(2)24-10(3)16(15)25(21,22)20-13-5-4-11(17)7-12(13)18/h4-7,20H,1-3H3. The molecule has 0 saturated carbocycles. The third-order valence-corrected chi connectivity index (χ3v) is 6.70. The van der Waals surface area contributed by atoms with Gasteiger partial charge in [-0.1, -0.05) is 21.1 Å². The first-order valence-electron chi connectivity index (χ1n) is 7.20. The summed E-state index contributed by atoms with van der Waals surface area (Å²) in [7, 11) is -4.01. The molecule has 0 aliphatic heterocycles. The Hall–Kier alpha value is -1.71. The summed E-state index contributed by atoms with van der Waals surface area (Å²) in [6.45, 7) is 5.27. The molecule has 0 bridgehead atoms. The molecule has 0 amide bonds. The Balaban J connectivity index is 2.12. The zero-order valence-corrected chi connectivity index (χ0v) is 16.8. The van der Waals surface area contributed by atoms with Gasteiger partial charge >= 0.3 is 0 Å². The molecule has 2 aromatic heterocycles. The number of hydrogen-bond acceptors (Lipinski definition) is 5. The van der Waals surface area contributed by atoms with Crippen LogP contribution in [-0.4, -0.2) is 13.6 Å². The first kappa shape index (κ1) is 18.1. The summed E-state index contributed by atoms with van der Waals surface area (Å²) in [6.07, 6.45) is 0. The van der Waals surface area contributed by atoms with Gasteiger partial charge in [-0.2, -0.15) is 0 Å². The fraction of sp³-hybridized carbons (Fsp3) is 0.188. The van der Waals surface area contributed by atoms with Gasteiger partial charge in [0.25, 0.3) is 10.0 Å². The molecule has 0 radical (unpaired) electrons. The maximum Gasteiger partial charge on any atom is 0.263 e. The van der Waals surface area contributed by atoms with E-state index in [0.29, 0.717) is 26.4 Å². The quantitative estimate of drug-likeness (QED) is 0.612. The van der Waals surface area contributed by atoms with E-state index in [1.54, 1.807) is 26.0 Å². The fourth-order valence-electron chi connectivity index (χ4n) is 2.52. The van der Waals surface area contributed by atoms with E-state index in [-0.39, 0.29) is 10.6 Å². The Kier molecular flexibility index (Phi) is 4.74. The molecule has 0 aliphatic rings. The van der Waals surface area contributed by atoms with Gasteiger partial charge in [0.1, 0.15) is 10.7 Å². The molecule has 0 saturated heterocycles. The lowest BCUT2D eigenvalue weighted by atomic mass is 10.2. The number of sulfonamides is 1. The van der Waals surface area contributed by atoms with Crippen LogP contribution in [-0.2, 0) is 10.0 Å². The van der Waals surface area contributed by atoms with Crippen LogP contribution in [0.5, 0.6) is 0 Å². The van der Waals surface area contributed by atoms with Crippen molar-refractivity contribution in [2.24, 2.45) is 0 Å². The van der Waals surface area contributed by atoms with Gasteiger partial charge in [0, 0.05) is 20.3 Å². The molecule has 9 heteroatoms. The topological polar surface area (TPSA) is 72.2 Å². The Labute approximate surface area is 157 Å². The summed E-state index contributed by atoms with van der Waals surface area (Å²) in [5.74, 6) is -0.296. The van der Waals surface area contributed by atoms with E-state index in [1.165, 1.54) is 23.5 Å². The van der Waals surface area contributed by atoms with Crippen molar-refractivity contribution in [3.05, 3.63) is 50.0 Å². The SMILES string of the molecule is Cc1cc(-c2c(C)sc(C)c2S(=O)(=O)Nc2ccc(Br)cc2F)on1. The predicted octanol–water partition coefficient (Wildman–Crippen LogP) is 5.03. The van der Waals surface area contributed by atoms with Gasteiger partial charge < -0.3 is 4.52 Å². The van der Waals surface area contributed by atoms with Crippen LogP contribution in [0.15, 0.2) is 38.2 Å². The van der Waals surface area contributed by atoms with Gasteiger partial charge in [0.2, 0.25) is 0 Å². The van der Waals surface area contributed by atoms with Gasteiger partial charge in [0.05, 0.1) is 16.9 Å². The highest BCUT2D eigenvalue weighted by Crippen LogP contribution is 2.40. The molecule has 1 aromatic carbocycles. The molecule has 0 atom stereocenters. The van der Waals surface area contributed by atoms with Crippen LogP contribution in [0.25, 0.3) is 11.3 Å². The first-order valence-corrected chi connectivity index (χ1v) is 10.3. The summed E-state index contributed by atoms with van der Waals surface area (Å²) < 4.78 is 48.0. The van der Waals surface area contributed by atoms with Crippen LogP contribution in [0.3, 0.4) is 0 Å². The molecule has 1 N–H and O–H groups in total. The number of halogens is 2. The van der Waals surface area contributed by atoms with Crippen LogP contribution in [0.4, 0.5) is 10.1 Å². The second kappa shape index (κ2) is 6.54. The van der Waals surface area contributed by atoms with Crippen molar-refractivity contribution in [3.63, 3.8) is 0 Å². The van der Waals surface area contributed by atoms with Crippen molar-refractivity contribution < 1.29 is 17.3 Å². The number of benzene rings is 1. The molecule has 5 nitrogen and oxygen atoms in total. The third-order valence-electron chi connectivity index (χ3n) is 3.52. The van der Waals surface area contributed by atoms with Crippen LogP contribution in [0.1, 0.15) is 15.4 Å². The van der Waals surface area contributed by atoms with Crippen molar-refractivity contribution in [2.45, 2.75) is 25.7 Å². The normalized spacial score (nSPS) is 11.7. The minimum atomic E-state index is -4.01. The number of nitrogens with zero attached hydrogens (tertiary/aromatic N) is 1. The van der Waals surface area contributed by atoms with Gasteiger partial charge in [-0.25, -0.2) is 12.8 Å². The van der Waals surface area contributed by atoms with Crippen LogP contribution < -0.4 is 4.72 Å². The third kappa shape index (κ3) is 3.49. The lowest BCUT2D eigenvalue weighted by molar-refractivity contribution is 0.426. The summed E-state index contributed by atoms with van der Waals surface area (Å²) in [4.78, 5) is 1.45. The van der Waals surface area contributed by atoms with E-state index in [1.807, 2.05) is 6.92 Å². The second-order valence-corrected chi connectivity index (χ2v) is 9.44. The van der Waals surface area contributed by atoms with Gasteiger partial charge in [-0.3, -0.25) is 4.72 Å². The zero-order valence-electron chi connectivity index (χ0n) is 13.6. The van der Waals surface area contributed by atoms with E-state index in [4.69, 9.17) is 4.52 Å². The number of thiophene rings is 1. The lowest BCUT2D eigenvalue weighted by Crippen LogP contribution is -2.15. The highest BCUT2D eigenvalue weighted by Gasteiger charge is 2.29. The largest absolute Gasteiger partial charge is 0.356 e. The summed E-state index contributed by atoms with van der Waals surface area (Å²) in [5, 5.41) is 3.82. The zero-order chi connectivity index (χ0) is 18.4. The molecular formula is C16H14BrFN2O3S2. The Morgan fingerprint density at radius 3 is 2.52 bits per heavy atom. The van der Waals surface area contributed by atoms with Gasteiger partial charge in [-0.15, -0.1) is 11.3 Å². The van der Waals surface area contributed by atoms with Crippen molar-refractivity contribution >= 4 is 43.0 Å². The number of rotatable bonds is 4. The average Bonchev–Trinajstić information content (AvgIpc) is 3.05. The average molecular weight is 445 g/mol. The molecule has 0 unspecified atom stereocenters. The predicted molar refractivity (Wildman–Crippen MR) is 98.9 cm³/mol. The molecular weight excluding hydrogens is 431 g/mol. The van der Waals surface area contributed by atoms with E-state index >= 15 is 0 Å². The van der Waals surface area contributed by atoms with Crippen molar-refractivity contribution in [1.29, 1.82) is 0 Å². The Morgan fingerprint density at radius 2 is 1.92 bits per heavy atom. The van der Waals surface area contributed by atoms with E-state index < -0.39 is 15.8 Å². The lowest BCUT2D eigenvalue weighted by Gasteiger charge is -2.10. The number of nitrogens with one attached hydrogen (secondary N) is 1. The smallest absolute Gasteiger partial charge is 0.263 e. The maximum absolute atomic E-state index is 14.0. The second-order valence-electron chi connectivity index (χ2n) is 5.48. The summed E-state index contributed by atoms with van der Waals surface area (Å²) in [6, 6.07) is 5.80. The summed E-state index contributed by atoms with van der Waals surface area (Å²) in [5.41, 5.74) is 0.979. The highest BCUT2D eigenvalue weighted by atomic mass is 79.9. The van der Waals surface area contributed by atoms with Crippen molar-refractivity contribution in [2.75, 3.05) is 4.72 Å². The Bertz CT molecular complexity index is 1060. The number of hydrogen-bond donors (Lipinski definition) is 1. The molecule has 0 fully saturated rings. The van der Waals surface area contributed by atoms with Crippen molar-refractivity contribution in [3.8, 4) is 11.3 Å². The Morgan fingerprint density at radius 1 is 1.20 bits per heavy atom. The minimum absolute atomic E-state index is 0.0773. The minimum Gasteiger partial charge on any atom is -0.356 e. The monoisotopic (exact) mass is 444 g/mol. The fourth-order valence-corrected chi connectivity index (χ4v) is 5.79. The highest BCUT2D eigenvalue weighted by molar-refractivity contribution is 9.10. The van der Waals surface area contributed by atoms with Crippen LogP contribution in [0, 0.1) is 26.6 Å². The van der Waals surface area contributed by atoms with Crippen molar-refractivity contribution in [1.82, 2.24) is 5.16 Å². The van der Waals surface area contributed by atoms with Gasteiger partial charge in [-0.05, 0) is 39.0 Å². The molecule has 132 valence electrons. The molecule has 2 heterocycles. The molecule has 25 heavy (non-hydrogen) atoms. The molecule has 3 aromatic rings. The molecule has 0 spiro atoms. The van der Waals surface area contributed by atoms with Crippen LogP contribution >= 0.6 is 27.3 Å². The van der Waals surface area contributed by atoms with E-state index in [2.05, 4.69) is 25.8 Å². The number of aromatic nitrogens is 1. The van der Waals surface area contributed by atoms with Crippen LogP contribution in [0.2, 0.25) is 0 Å². The number of anilines is 1. The van der Waals surface area contributed by atoms with E-state index in [0.717, 1.165) is 4.88 Å². The first-order chi connectivity index (χ1) is 11.7. The maximum atomic E-state index is 14.0. The number of aryl methyl sites for hydroxylation is 3. The van der Waals surface area contributed by atoms with Gasteiger partial charge in [0.15, 0.2) is 5.76 Å². The van der Waals surface area contributed by atoms with E-state index in [9.17, 15) is 12.8 Å². The molecule has 3 rings (SSSR count).